The molecule has 5 nitrogen and oxygen atoms in total. The Balaban J connectivity index is 1.83. The number of carbonyl (C=O) groups is 2. The highest BCUT2D eigenvalue weighted by Gasteiger charge is 2.24. The molecule has 1 fully saturated rings. The summed E-state index contributed by atoms with van der Waals surface area (Å²) < 4.78 is 6.24. The minimum atomic E-state index is -0.961. The molecule has 2 heterocycles. The SMILES string of the molecule is O=C(O)c1sc2ccccc2c1CNC(=O)[C@@H]1CCCO1. The van der Waals surface area contributed by atoms with Gasteiger partial charge in [0.05, 0.1) is 0 Å². The van der Waals surface area contributed by atoms with Gasteiger partial charge < -0.3 is 15.2 Å². The number of carboxylic acid groups (broad SMARTS) is 1. The molecule has 6 heteroatoms. The predicted octanol–water partition coefficient (Wildman–Crippen LogP) is 2.39. The highest BCUT2D eigenvalue weighted by molar-refractivity contribution is 7.21. The van der Waals surface area contributed by atoms with Crippen LogP contribution in [0.5, 0.6) is 0 Å². The molecule has 2 N–H and O–H groups in total. The summed E-state index contributed by atoms with van der Waals surface area (Å²) in [5, 5.41) is 13.0. The molecule has 0 spiro atoms. The number of fused-ring (bicyclic) bond motifs is 1. The Morgan fingerprint density at radius 1 is 1.38 bits per heavy atom. The number of amides is 1. The van der Waals surface area contributed by atoms with E-state index in [0.717, 1.165) is 22.9 Å². The van der Waals surface area contributed by atoms with Crippen molar-refractivity contribution in [2.45, 2.75) is 25.5 Å². The number of benzene rings is 1. The molecule has 0 radical (unpaired) electrons. The molecular weight excluding hydrogens is 290 g/mol. The van der Waals surface area contributed by atoms with Crippen molar-refractivity contribution in [2.75, 3.05) is 6.61 Å². The lowest BCUT2D eigenvalue weighted by atomic mass is 10.1. The zero-order valence-corrected chi connectivity index (χ0v) is 12.1. The van der Waals surface area contributed by atoms with Crippen molar-refractivity contribution in [3.8, 4) is 0 Å². The Kier molecular flexibility index (Phi) is 3.90. The van der Waals surface area contributed by atoms with Crippen LogP contribution in [0.25, 0.3) is 10.1 Å². The third kappa shape index (κ3) is 2.77. The number of hydrogen-bond donors (Lipinski definition) is 2. The molecule has 1 aliphatic heterocycles. The summed E-state index contributed by atoms with van der Waals surface area (Å²) >= 11 is 1.23. The molecule has 21 heavy (non-hydrogen) atoms. The van der Waals surface area contributed by atoms with E-state index in [1.165, 1.54) is 11.3 Å². The molecule has 110 valence electrons. The second-order valence-electron chi connectivity index (χ2n) is 4.93. The summed E-state index contributed by atoms with van der Waals surface area (Å²) in [5.41, 5.74) is 0.662. The summed E-state index contributed by atoms with van der Waals surface area (Å²) in [5.74, 6) is -1.13. The molecule has 1 aromatic carbocycles. The lowest BCUT2D eigenvalue weighted by molar-refractivity contribution is -0.130. The number of aromatic carboxylic acids is 1. The number of ether oxygens (including phenoxy) is 1. The first-order chi connectivity index (χ1) is 10.2. The van der Waals surface area contributed by atoms with E-state index < -0.39 is 12.1 Å². The Labute approximate surface area is 125 Å². The minimum Gasteiger partial charge on any atom is -0.477 e. The van der Waals surface area contributed by atoms with Gasteiger partial charge in [0.2, 0.25) is 5.91 Å². The molecule has 0 saturated carbocycles. The van der Waals surface area contributed by atoms with Crippen LogP contribution < -0.4 is 5.32 Å². The van der Waals surface area contributed by atoms with Crippen LogP contribution in [0, 0.1) is 0 Å². The standard InChI is InChI=1S/C15H15NO4S/c17-14(11-5-3-7-20-11)16-8-10-9-4-1-2-6-12(9)21-13(10)15(18)19/h1-2,4,6,11H,3,5,7-8H2,(H,16,17)(H,18,19)/t11-/m0/s1. The number of hydrogen-bond acceptors (Lipinski definition) is 4. The van der Waals surface area contributed by atoms with Crippen LogP contribution >= 0.6 is 11.3 Å². The van der Waals surface area contributed by atoms with Gasteiger partial charge >= 0.3 is 5.97 Å². The minimum absolute atomic E-state index is 0.167. The highest BCUT2D eigenvalue weighted by atomic mass is 32.1. The Bertz CT molecular complexity index is 688. The van der Waals surface area contributed by atoms with Gasteiger partial charge in [0.15, 0.2) is 0 Å². The number of thiophene rings is 1. The Morgan fingerprint density at radius 2 is 2.19 bits per heavy atom. The van der Waals surface area contributed by atoms with Crippen LogP contribution in [-0.4, -0.2) is 29.7 Å². The summed E-state index contributed by atoms with van der Waals surface area (Å²) in [6, 6.07) is 7.51. The molecule has 1 amide bonds. The normalized spacial score (nSPS) is 18.0. The van der Waals surface area contributed by atoms with E-state index in [4.69, 9.17) is 4.74 Å². The monoisotopic (exact) mass is 305 g/mol. The summed E-state index contributed by atoms with van der Waals surface area (Å²) in [6.07, 6.45) is 1.21. The summed E-state index contributed by atoms with van der Waals surface area (Å²) in [7, 11) is 0. The molecule has 0 aliphatic carbocycles. The van der Waals surface area contributed by atoms with Crippen molar-refractivity contribution in [2.24, 2.45) is 0 Å². The molecule has 3 rings (SSSR count). The van der Waals surface area contributed by atoms with Crippen LogP contribution in [0.3, 0.4) is 0 Å². The first kappa shape index (κ1) is 14.0. The first-order valence-corrected chi connectivity index (χ1v) is 7.61. The predicted molar refractivity (Wildman–Crippen MR) is 79.6 cm³/mol. The van der Waals surface area contributed by atoms with Crippen LogP contribution in [0.1, 0.15) is 28.1 Å². The van der Waals surface area contributed by atoms with Crippen LogP contribution in [-0.2, 0) is 16.1 Å². The lowest BCUT2D eigenvalue weighted by Gasteiger charge is -2.10. The topological polar surface area (TPSA) is 75.6 Å². The van der Waals surface area contributed by atoms with Gasteiger partial charge in [-0.15, -0.1) is 11.3 Å². The van der Waals surface area contributed by atoms with Gasteiger partial charge in [0, 0.05) is 23.4 Å². The molecule has 1 saturated heterocycles. The van der Waals surface area contributed by atoms with Gasteiger partial charge in [-0.3, -0.25) is 4.79 Å². The zero-order chi connectivity index (χ0) is 14.8. The van der Waals surface area contributed by atoms with Crippen LogP contribution in [0.2, 0.25) is 0 Å². The van der Waals surface area contributed by atoms with E-state index in [1.54, 1.807) is 0 Å². The number of carbonyl (C=O) groups excluding carboxylic acids is 1. The number of carboxylic acids is 1. The van der Waals surface area contributed by atoms with E-state index in [1.807, 2.05) is 24.3 Å². The van der Waals surface area contributed by atoms with E-state index in [9.17, 15) is 14.7 Å². The number of nitrogens with one attached hydrogen (secondary N) is 1. The zero-order valence-electron chi connectivity index (χ0n) is 11.3. The lowest BCUT2D eigenvalue weighted by Crippen LogP contribution is -2.33. The van der Waals surface area contributed by atoms with E-state index in [2.05, 4.69) is 5.32 Å². The van der Waals surface area contributed by atoms with E-state index in [-0.39, 0.29) is 17.3 Å². The second-order valence-corrected chi connectivity index (χ2v) is 5.98. The third-order valence-corrected chi connectivity index (χ3v) is 4.76. The van der Waals surface area contributed by atoms with Crippen molar-refractivity contribution < 1.29 is 19.4 Å². The van der Waals surface area contributed by atoms with Crippen molar-refractivity contribution in [3.63, 3.8) is 0 Å². The molecular formula is C15H15NO4S. The van der Waals surface area contributed by atoms with E-state index in [0.29, 0.717) is 12.2 Å². The van der Waals surface area contributed by atoms with Gasteiger partial charge in [-0.25, -0.2) is 4.79 Å². The maximum atomic E-state index is 12.0. The number of rotatable bonds is 4. The average Bonchev–Trinajstić information content (AvgIpc) is 3.12. The quantitative estimate of drug-likeness (QED) is 0.909. The molecule has 0 bridgehead atoms. The van der Waals surface area contributed by atoms with Crippen LogP contribution in [0.15, 0.2) is 24.3 Å². The van der Waals surface area contributed by atoms with Gasteiger partial charge in [0.1, 0.15) is 11.0 Å². The fraction of sp³-hybridized carbons (Fsp3) is 0.333. The van der Waals surface area contributed by atoms with Gasteiger partial charge in [0.25, 0.3) is 0 Å². The van der Waals surface area contributed by atoms with Crippen molar-refractivity contribution >= 4 is 33.3 Å². The highest BCUT2D eigenvalue weighted by Crippen LogP contribution is 2.31. The maximum Gasteiger partial charge on any atom is 0.346 e. The fourth-order valence-corrected chi connectivity index (χ4v) is 3.58. The molecule has 0 unspecified atom stereocenters. The molecule has 2 aromatic rings. The van der Waals surface area contributed by atoms with Crippen molar-refractivity contribution in [3.05, 3.63) is 34.7 Å². The third-order valence-electron chi connectivity index (χ3n) is 3.55. The first-order valence-electron chi connectivity index (χ1n) is 6.80. The van der Waals surface area contributed by atoms with Crippen molar-refractivity contribution in [1.82, 2.24) is 5.32 Å². The fourth-order valence-electron chi connectivity index (χ4n) is 2.52. The van der Waals surface area contributed by atoms with Crippen molar-refractivity contribution in [1.29, 1.82) is 0 Å². The Morgan fingerprint density at radius 3 is 2.90 bits per heavy atom. The van der Waals surface area contributed by atoms with Gasteiger partial charge in [-0.1, -0.05) is 18.2 Å². The van der Waals surface area contributed by atoms with E-state index >= 15 is 0 Å². The molecule has 1 aromatic heterocycles. The largest absolute Gasteiger partial charge is 0.477 e. The smallest absolute Gasteiger partial charge is 0.346 e. The van der Waals surface area contributed by atoms with Crippen LogP contribution in [0.4, 0.5) is 0 Å². The molecule has 1 atom stereocenters. The maximum absolute atomic E-state index is 12.0. The van der Waals surface area contributed by atoms with Gasteiger partial charge in [-0.05, 0) is 24.3 Å². The Hall–Kier alpha value is -1.92. The molecule has 1 aliphatic rings. The summed E-state index contributed by atoms with van der Waals surface area (Å²) in [4.78, 5) is 23.6. The second kappa shape index (κ2) is 5.83. The van der Waals surface area contributed by atoms with Gasteiger partial charge in [-0.2, -0.15) is 0 Å². The average molecular weight is 305 g/mol. The summed E-state index contributed by atoms with van der Waals surface area (Å²) in [6.45, 7) is 0.824.